The molecule has 17 heavy (non-hydrogen) atoms. The zero-order valence-corrected chi connectivity index (χ0v) is 8.95. The molecule has 0 bridgehead atoms. The van der Waals surface area contributed by atoms with E-state index in [1.807, 2.05) is 0 Å². The van der Waals surface area contributed by atoms with Crippen LogP contribution < -0.4 is 10.6 Å². The van der Waals surface area contributed by atoms with Gasteiger partial charge in [-0.25, -0.2) is 0 Å². The fourth-order valence-electron chi connectivity index (χ4n) is 1.56. The standard InChI is InChI=1S/C12H10N2O3/c1-2-10(15)7-3-4-8-9(5-7)14-12(17)6-11(16)13-8/h2-5H,1,6H2,(H,13,16)(H,14,17). The van der Waals surface area contributed by atoms with E-state index in [-0.39, 0.29) is 18.1 Å². The maximum absolute atomic E-state index is 11.4. The third-order valence-corrected chi connectivity index (χ3v) is 2.36. The molecule has 0 fully saturated rings. The van der Waals surface area contributed by atoms with Crippen LogP contribution in [0.25, 0.3) is 0 Å². The first-order chi connectivity index (χ1) is 8.10. The lowest BCUT2D eigenvalue weighted by Crippen LogP contribution is -2.16. The van der Waals surface area contributed by atoms with Gasteiger partial charge in [0.1, 0.15) is 6.42 Å². The molecule has 2 rings (SSSR count). The molecule has 5 heteroatoms. The molecule has 1 aliphatic rings. The molecule has 0 spiro atoms. The predicted molar refractivity (Wildman–Crippen MR) is 62.8 cm³/mol. The first-order valence-corrected chi connectivity index (χ1v) is 5.00. The lowest BCUT2D eigenvalue weighted by Gasteiger charge is -2.07. The first-order valence-electron chi connectivity index (χ1n) is 5.00. The molecular formula is C12H10N2O3. The Hall–Kier alpha value is -2.43. The Morgan fingerprint density at radius 2 is 1.82 bits per heavy atom. The summed E-state index contributed by atoms with van der Waals surface area (Å²) >= 11 is 0. The van der Waals surface area contributed by atoms with Gasteiger partial charge in [0.25, 0.3) is 0 Å². The molecule has 0 saturated heterocycles. The van der Waals surface area contributed by atoms with Crippen LogP contribution in [0.5, 0.6) is 0 Å². The van der Waals surface area contributed by atoms with E-state index in [1.54, 1.807) is 12.1 Å². The molecule has 0 atom stereocenters. The van der Waals surface area contributed by atoms with Gasteiger partial charge in [0.05, 0.1) is 11.4 Å². The highest BCUT2D eigenvalue weighted by Gasteiger charge is 2.18. The number of amides is 2. The SMILES string of the molecule is C=CC(=O)c1ccc2c(c1)NC(=O)CC(=O)N2. The number of benzene rings is 1. The molecule has 0 aliphatic carbocycles. The summed E-state index contributed by atoms with van der Waals surface area (Å²) in [7, 11) is 0. The second kappa shape index (κ2) is 4.21. The number of carbonyl (C=O) groups is 3. The van der Waals surface area contributed by atoms with Gasteiger partial charge in [0, 0.05) is 5.56 Å². The van der Waals surface area contributed by atoms with Crippen LogP contribution in [0.3, 0.4) is 0 Å². The summed E-state index contributed by atoms with van der Waals surface area (Å²) in [5, 5.41) is 5.14. The van der Waals surface area contributed by atoms with Gasteiger partial charge >= 0.3 is 0 Å². The Morgan fingerprint density at radius 1 is 1.18 bits per heavy atom. The molecule has 0 saturated carbocycles. The van der Waals surface area contributed by atoms with Crippen molar-refractivity contribution in [3.05, 3.63) is 36.4 Å². The Kier molecular flexibility index (Phi) is 2.74. The second-order valence-electron chi connectivity index (χ2n) is 3.60. The Balaban J connectivity index is 2.44. The minimum atomic E-state index is -0.399. The van der Waals surface area contributed by atoms with Crippen LogP contribution in [0, 0.1) is 0 Å². The number of ketones is 1. The monoisotopic (exact) mass is 230 g/mol. The summed E-state index contributed by atoms with van der Waals surface area (Å²) < 4.78 is 0. The highest BCUT2D eigenvalue weighted by atomic mass is 16.2. The van der Waals surface area contributed by atoms with Gasteiger partial charge in [-0.05, 0) is 24.3 Å². The van der Waals surface area contributed by atoms with E-state index in [9.17, 15) is 14.4 Å². The largest absolute Gasteiger partial charge is 0.324 e. The molecule has 2 N–H and O–H groups in total. The summed E-state index contributed by atoms with van der Waals surface area (Å²) in [5.41, 5.74) is 1.32. The van der Waals surface area contributed by atoms with Crippen LogP contribution in [-0.2, 0) is 9.59 Å². The smallest absolute Gasteiger partial charge is 0.233 e. The minimum absolute atomic E-state index is 0.223. The van der Waals surface area contributed by atoms with Crippen molar-refractivity contribution in [3.63, 3.8) is 0 Å². The van der Waals surface area contributed by atoms with Crippen LogP contribution in [0.15, 0.2) is 30.9 Å². The van der Waals surface area contributed by atoms with Crippen molar-refractivity contribution in [2.75, 3.05) is 10.6 Å². The number of nitrogens with one attached hydrogen (secondary N) is 2. The molecule has 0 unspecified atom stereocenters. The topological polar surface area (TPSA) is 75.3 Å². The van der Waals surface area contributed by atoms with Gasteiger partial charge in [-0.2, -0.15) is 0 Å². The third-order valence-electron chi connectivity index (χ3n) is 2.36. The fraction of sp³-hybridized carbons (Fsp3) is 0.0833. The van der Waals surface area contributed by atoms with Gasteiger partial charge < -0.3 is 10.6 Å². The highest BCUT2D eigenvalue weighted by Crippen LogP contribution is 2.26. The summed E-state index contributed by atoms with van der Waals surface area (Å²) in [6, 6.07) is 4.67. The van der Waals surface area contributed by atoms with Gasteiger partial charge in [0.15, 0.2) is 5.78 Å². The predicted octanol–water partition coefficient (Wildman–Crippen LogP) is 1.34. The average Bonchev–Trinajstić information content (AvgIpc) is 2.43. The summed E-state index contributed by atoms with van der Waals surface area (Å²) in [6.07, 6.45) is 0.970. The minimum Gasteiger partial charge on any atom is -0.324 e. The lowest BCUT2D eigenvalue weighted by atomic mass is 10.1. The number of carbonyl (C=O) groups excluding carboxylic acids is 3. The summed E-state index contributed by atoms with van der Waals surface area (Å²) in [5.74, 6) is -1.01. The number of fused-ring (bicyclic) bond motifs is 1. The maximum atomic E-state index is 11.4. The van der Waals surface area contributed by atoms with E-state index < -0.39 is 5.91 Å². The quantitative estimate of drug-likeness (QED) is 0.457. The molecule has 0 aromatic heterocycles. The molecular weight excluding hydrogens is 220 g/mol. The number of allylic oxidation sites excluding steroid dienone is 1. The van der Waals surface area contributed by atoms with Crippen molar-refractivity contribution in [2.45, 2.75) is 6.42 Å². The Morgan fingerprint density at radius 3 is 2.47 bits per heavy atom. The summed E-state index contributed by atoms with van der Waals surface area (Å²) in [6.45, 7) is 3.39. The van der Waals surface area contributed by atoms with Crippen molar-refractivity contribution in [1.29, 1.82) is 0 Å². The maximum Gasteiger partial charge on any atom is 0.233 e. The summed E-state index contributed by atoms with van der Waals surface area (Å²) in [4.78, 5) is 34.0. The number of rotatable bonds is 2. The lowest BCUT2D eigenvalue weighted by molar-refractivity contribution is -0.123. The van der Waals surface area contributed by atoms with Crippen LogP contribution in [-0.4, -0.2) is 17.6 Å². The van der Waals surface area contributed by atoms with E-state index in [2.05, 4.69) is 17.2 Å². The Labute approximate surface area is 97.5 Å². The van der Waals surface area contributed by atoms with E-state index in [1.165, 1.54) is 12.1 Å². The van der Waals surface area contributed by atoms with Gasteiger partial charge in [-0.3, -0.25) is 14.4 Å². The first kappa shape index (κ1) is 11.1. The highest BCUT2D eigenvalue weighted by molar-refractivity contribution is 6.14. The second-order valence-corrected chi connectivity index (χ2v) is 3.60. The van der Waals surface area contributed by atoms with Crippen LogP contribution in [0.1, 0.15) is 16.8 Å². The molecule has 5 nitrogen and oxygen atoms in total. The van der Waals surface area contributed by atoms with Crippen molar-refractivity contribution in [2.24, 2.45) is 0 Å². The van der Waals surface area contributed by atoms with Gasteiger partial charge in [-0.1, -0.05) is 6.58 Å². The number of anilines is 2. The molecule has 0 radical (unpaired) electrons. The third kappa shape index (κ3) is 2.23. The fourth-order valence-corrected chi connectivity index (χ4v) is 1.56. The van der Waals surface area contributed by atoms with Gasteiger partial charge in [0.2, 0.25) is 11.8 Å². The van der Waals surface area contributed by atoms with Crippen LogP contribution in [0.2, 0.25) is 0 Å². The molecule has 1 heterocycles. The molecule has 86 valence electrons. The zero-order valence-electron chi connectivity index (χ0n) is 8.95. The van der Waals surface area contributed by atoms with Gasteiger partial charge in [-0.15, -0.1) is 0 Å². The van der Waals surface area contributed by atoms with E-state index in [0.29, 0.717) is 16.9 Å². The normalized spacial score (nSPS) is 14.1. The van der Waals surface area contributed by atoms with Crippen molar-refractivity contribution >= 4 is 29.0 Å². The van der Waals surface area contributed by atoms with Crippen molar-refractivity contribution in [1.82, 2.24) is 0 Å². The number of hydrogen-bond donors (Lipinski definition) is 2. The average molecular weight is 230 g/mol. The zero-order chi connectivity index (χ0) is 12.4. The van der Waals surface area contributed by atoms with E-state index >= 15 is 0 Å². The molecule has 1 aromatic rings. The van der Waals surface area contributed by atoms with Crippen LogP contribution in [0.4, 0.5) is 11.4 Å². The Bertz CT molecular complexity index is 535. The van der Waals surface area contributed by atoms with Crippen LogP contribution >= 0.6 is 0 Å². The molecule has 1 aliphatic heterocycles. The molecule has 1 aromatic carbocycles. The van der Waals surface area contributed by atoms with E-state index in [4.69, 9.17) is 0 Å². The molecule has 2 amide bonds. The van der Waals surface area contributed by atoms with Crippen molar-refractivity contribution in [3.8, 4) is 0 Å². The van der Waals surface area contributed by atoms with E-state index in [0.717, 1.165) is 0 Å². The number of hydrogen-bond acceptors (Lipinski definition) is 3. The van der Waals surface area contributed by atoms with Crippen molar-refractivity contribution < 1.29 is 14.4 Å².